The summed E-state index contributed by atoms with van der Waals surface area (Å²) in [6.45, 7) is 6.34. The average molecular weight is 677 g/mol. The Balaban J connectivity index is 1.50. The molecule has 10 heteroatoms. The second kappa shape index (κ2) is 16.4. The first-order chi connectivity index (χ1) is 23.7. The fourth-order valence-corrected chi connectivity index (χ4v) is 7.62. The zero-order valence-electron chi connectivity index (χ0n) is 29.2. The third kappa shape index (κ3) is 7.96. The Hall–Kier alpha value is -4.31. The Labute approximate surface area is 288 Å². The van der Waals surface area contributed by atoms with E-state index in [-0.39, 0.29) is 31.1 Å². The van der Waals surface area contributed by atoms with Crippen LogP contribution in [0.15, 0.2) is 54.6 Å². The van der Waals surface area contributed by atoms with Gasteiger partial charge in [-0.3, -0.25) is 14.5 Å². The topological polar surface area (TPSA) is 97.8 Å². The molecule has 3 aromatic carbocycles. The van der Waals surface area contributed by atoms with Gasteiger partial charge in [-0.1, -0.05) is 44.9 Å². The summed E-state index contributed by atoms with van der Waals surface area (Å²) < 4.78 is 36.9. The monoisotopic (exact) mass is 676 g/mol. The van der Waals surface area contributed by atoms with Gasteiger partial charge in [0.25, 0.3) is 0 Å². The number of carbonyl (C=O) groups is 2. The van der Waals surface area contributed by atoms with E-state index >= 15 is 0 Å². The maximum atomic E-state index is 14.6. The first-order valence-electron chi connectivity index (χ1n) is 17.3. The van der Waals surface area contributed by atoms with Crippen molar-refractivity contribution in [2.45, 2.75) is 83.7 Å². The number of hydrogen-bond acceptors (Lipinski definition) is 7. The Bertz CT molecular complexity index is 1610. The minimum Gasteiger partial charge on any atom is -0.496 e. The molecule has 3 aromatic rings. The molecule has 2 heterocycles. The van der Waals surface area contributed by atoms with E-state index in [9.17, 15) is 19.1 Å². The van der Waals surface area contributed by atoms with Gasteiger partial charge in [0.05, 0.1) is 26.7 Å². The largest absolute Gasteiger partial charge is 0.496 e. The van der Waals surface area contributed by atoms with Crippen molar-refractivity contribution < 1.29 is 38.0 Å². The van der Waals surface area contributed by atoms with Gasteiger partial charge in [-0.2, -0.15) is 0 Å². The van der Waals surface area contributed by atoms with Crippen LogP contribution in [0.1, 0.15) is 75.0 Å². The molecular weight excluding hydrogens is 627 g/mol. The van der Waals surface area contributed by atoms with Crippen LogP contribution in [-0.2, 0) is 16.0 Å². The molecule has 1 saturated heterocycles. The summed E-state index contributed by atoms with van der Waals surface area (Å²) in [5.74, 6) is -0.298. The van der Waals surface area contributed by atoms with Crippen LogP contribution in [0.25, 0.3) is 0 Å². The number of methoxy groups -OCH3 is 2. The number of carbonyl (C=O) groups excluding carboxylic acids is 1. The number of aliphatic carboxylic acids is 1. The first-order valence-corrected chi connectivity index (χ1v) is 17.3. The molecule has 5 rings (SSSR count). The summed E-state index contributed by atoms with van der Waals surface area (Å²) in [7, 11) is 3.19. The van der Waals surface area contributed by atoms with Gasteiger partial charge in [-0.15, -0.1) is 0 Å². The molecule has 9 nitrogen and oxygen atoms in total. The predicted octanol–water partition coefficient (Wildman–Crippen LogP) is 7.37. The Morgan fingerprint density at radius 2 is 1.76 bits per heavy atom. The third-order valence-corrected chi connectivity index (χ3v) is 9.92. The zero-order chi connectivity index (χ0) is 35.1. The molecule has 264 valence electrons. The van der Waals surface area contributed by atoms with Gasteiger partial charge in [0, 0.05) is 30.2 Å². The van der Waals surface area contributed by atoms with Crippen molar-refractivity contribution in [3.63, 3.8) is 0 Å². The van der Waals surface area contributed by atoms with Crippen LogP contribution in [0.4, 0.5) is 10.1 Å². The molecule has 1 fully saturated rings. The van der Waals surface area contributed by atoms with Gasteiger partial charge in [0.15, 0.2) is 11.5 Å². The molecule has 3 atom stereocenters. The van der Waals surface area contributed by atoms with Crippen molar-refractivity contribution >= 4 is 17.6 Å². The highest BCUT2D eigenvalue weighted by atomic mass is 19.1. The highest BCUT2D eigenvalue weighted by Gasteiger charge is 2.47. The second-order valence-electron chi connectivity index (χ2n) is 13.1. The van der Waals surface area contributed by atoms with E-state index in [4.69, 9.17) is 18.9 Å². The number of anilines is 1. The smallest absolute Gasteiger partial charge is 0.308 e. The summed E-state index contributed by atoms with van der Waals surface area (Å²) in [5.41, 5.74) is 2.95. The summed E-state index contributed by atoms with van der Waals surface area (Å²) in [5, 5.41) is 10.8. The lowest BCUT2D eigenvalue weighted by molar-refractivity contribution is -0.143. The SMILES string of the molecule is CCCC(CCC)N(C(=O)CN1C[C@H](c2cc(OC)c3c(c2)OCO3)C(C(=O)O)[C@@H]1CCCc1ccccc1OC)c1ccc(F)c(C)c1. The first kappa shape index (κ1) is 36.0. The average Bonchev–Trinajstić information content (AvgIpc) is 3.71. The normalized spacial score (nSPS) is 18.6. The third-order valence-electron chi connectivity index (χ3n) is 9.92. The van der Waals surface area contributed by atoms with Gasteiger partial charge in [-0.25, -0.2) is 4.39 Å². The van der Waals surface area contributed by atoms with Crippen molar-refractivity contribution in [3.8, 4) is 23.0 Å². The number of carboxylic acid groups (broad SMARTS) is 1. The van der Waals surface area contributed by atoms with Gasteiger partial charge in [-0.05, 0) is 92.1 Å². The number of halogens is 1. The minimum absolute atomic E-state index is 0.0294. The number of benzene rings is 3. The number of aryl methyl sites for hydroxylation is 2. The van der Waals surface area contributed by atoms with Crippen LogP contribution in [0.2, 0.25) is 0 Å². The van der Waals surface area contributed by atoms with Gasteiger partial charge < -0.3 is 29.0 Å². The van der Waals surface area contributed by atoms with Gasteiger partial charge >= 0.3 is 5.97 Å². The number of ether oxygens (including phenoxy) is 4. The number of amides is 1. The lowest BCUT2D eigenvalue weighted by Gasteiger charge is -2.35. The molecule has 1 N–H and O–H groups in total. The fourth-order valence-electron chi connectivity index (χ4n) is 7.62. The van der Waals surface area contributed by atoms with Gasteiger partial charge in [0.1, 0.15) is 11.6 Å². The van der Waals surface area contributed by atoms with Crippen LogP contribution in [0.3, 0.4) is 0 Å². The molecule has 0 saturated carbocycles. The molecule has 0 bridgehead atoms. The van der Waals surface area contributed by atoms with Crippen molar-refractivity contribution in [2.75, 3.05) is 39.0 Å². The molecule has 49 heavy (non-hydrogen) atoms. The number of likely N-dealkylation sites (tertiary alicyclic amines) is 1. The van der Waals surface area contributed by atoms with E-state index in [2.05, 4.69) is 13.8 Å². The van der Waals surface area contributed by atoms with Gasteiger partial charge in [0.2, 0.25) is 18.4 Å². The van der Waals surface area contributed by atoms with Crippen LogP contribution < -0.4 is 23.8 Å². The molecule has 0 radical (unpaired) electrons. The van der Waals surface area contributed by atoms with E-state index in [1.54, 1.807) is 33.3 Å². The Morgan fingerprint density at radius 1 is 1.02 bits per heavy atom. The molecule has 2 aliphatic rings. The summed E-state index contributed by atoms with van der Waals surface area (Å²) >= 11 is 0. The lowest BCUT2D eigenvalue weighted by atomic mass is 9.83. The number of fused-ring (bicyclic) bond motifs is 1. The van der Waals surface area contributed by atoms with Crippen LogP contribution in [0, 0.1) is 18.7 Å². The van der Waals surface area contributed by atoms with Crippen molar-refractivity contribution in [2.24, 2.45) is 5.92 Å². The van der Waals surface area contributed by atoms with E-state index in [1.807, 2.05) is 46.2 Å². The van der Waals surface area contributed by atoms with Crippen molar-refractivity contribution in [1.29, 1.82) is 0 Å². The van der Waals surface area contributed by atoms with E-state index in [0.717, 1.165) is 42.6 Å². The quantitative estimate of drug-likeness (QED) is 0.168. The fraction of sp³-hybridized carbons (Fsp3) is 0.487. The molecule has 0 aromatic heterocycles. The highest BCUT2D eigenvalue weighted by Crippen LogP contribution is 2.47. The van der Waals surface area contributed by atoms with E-state index in [0.29, 0.717) is 54.3 Å². The molecule has 2 aliphatic heterocycles. The number of carboxylic acids is 1. The highest BCUT2D eigenvalue weighted by molar-refractivity contribution is 5.95. The molecular formula is C39H49FN2O7. The second-order valence-corrected chi connectivity index (χ2v) is 13.1. The van der Waals surface area contributed by atoms with Crippen molar-refractivity contribution in [3.05, 3.63) is 77.1 Å². The summed E-state index contributed by atoms with van der Waals surface area (Å²) in [6, 6.07) is 15.9. The van der Waals surface area contributed by atoms with Crippen molar-refractivity contribution in [1.82, 2.24) is 4.90 Å². The molecule has 1 amide bonds. The number of hydrogen-bond donors (Lipinski definition) is 1. The lowest BCUT2D eigenvalue weighted by Crippen LogP contribution is -2.48. The van der Waals surface area contributed by atoms with E-state index in [1.165, 1.54) is 6.07 Å². The van der Waals surface area contributed by atoms with Crippen LogP contribution in [-0.4, -0.2) is 68.1 Å². The zero-order valence-corrected chi connectivity index (χ0v) is 29.2. The summed E-state index contributed by atoms with van der Waals surface area (Å²) in [4.78, 5) is 31.6. The Morgan fingerprint density at radius 3 is 2.43 bits per heavy atom. The number of nitrogens with zero attached hydrogens (tertiary/aromatic N) is 2. The number of para-hydroxylation sites is 1. The Kier molecular flexibility index (Phi) is 12.0. The maximum Gasteiger partial charge on any atom is 0.308 e. The molecule has 0 aliphatic carbocycles. The van der Waals surface area contributed by atoms with Crippen LogP contribution in [0.5, 0.6) is 23.0 Å². The van der Waals surface area contributed by atoms with Crippen LogP contribution >= 0.6 is 0 Å². The maximum absolute atomic E-state index is 14.6. The standard InChI is InChI=1S/C39H49FN2O7/c1-6-11-28(12-7-2)42(29-17-18-31(40)25(3)19-29)36(43)23-41-22-30(27-20-34(47-5)38-35(21-27)48-24-49-38)37(39(44)45)32(41)15-10-14-26-13-8-9-16-33(26)46-4/h8-9,13,16-21,28,30,32,37H,6-7,10-12,14-15,22-24H2,1-5H3,(H,44,45)/t30-,32+,37?/m1/s1. The predicted molar refractivity (Wildman–Crippen MR) is 187 cm³/mol. The summed E-state index contributed by atoms with van der Waals surface area (Å²) in [6.07, 6.45) is 5.34. The van der Waals surface area contributed by atoms with E-state index < -0.39 is 23.8 Å². The molecule has 1 unspecified atom stereocenters. The molecule has 0 spiro atoms. The number of rotatable bonds is 16. The minimum atomic E-state index is -0.917.